The molecule has 8 nitrogen and oxygen atoms in total. The zero-order chi connectivity index (χ0) is 22.8. The molecule has 0 aliphatic rings. The molecule has 0 saturated carbocycles. The van der Waals surface area contributed by atoms with Crippen molar-refractivity contribution < 1.29 is 14.4 Å². The van der Waals surface area contributed by atoms with Crippen molar-refractivity contribution in [1.29, 1.82) is 0 Å². The number of aromatic nitrogens is 4. The summed E-state index contributed by atoms with van der Waals surface area (Å²) >= 11 is 1.23. The van der Waals surface area contributed by atoms with Gasteiger partial charge in [0.15, 0.2) is 16.8 Å². The number of aliphatic hydroxyl groups is 1. The first-order chi connectivity index (χ1) is 15.4. The number of aliphatic hydroxyl groups excluding tert-OH is 1. The highest BCUT2D eigenvalue weighted by atomic mass is 32.2. The van der Waals surface area contributed by atoms with Crippen LogP contribution in [0.15, 0.2) is 50.9 Å². The van der Waals surface area contributed by atoms with Crippen molar-refractivity contribution in [3.63, 3.8) is 0 Å². The van der Waals surface area contributed by atoms with Crippen molar-refractivity contribution >= 4 is 28.4 Å². The van der Waals surface area contributed by atoms with E-state index >= 15 is 0 Å². The molecule has 0 saturated heterocycles. The summed E-state index contributed by atoms with van der Waals surface area (Å²) in [5.74, 6) is 1.40. The number of rotatable bonds is 8. The average Bonchev–Trinajstić information content (AvgIpc) is 3.33. The van der Waals surface area contributed by atoms with Gasteiger partial charge in [-0.3, -0.25) is 18.7 Å². The monoisotopic (exact) mass is 452 g/mol. The van der Waals surface area contributed by atoms with E-state index in [4.69, 9.17) is 4.52 Å². The molecule has 1 N–H and O–H groups in total. The van der Waals surface area contributed by atoms with E-state index in [1.807, 2.05) is 43.5 Å². The zero-order valence-corrected chi connectivity index (χ0v) is 19.0. The van der Waals surface area contributed by atoms with Gasteiger partial charge in [0.05, 0.1) is 16.7 Å². The molecule has 3 heterocycles. The van der Waals surface area contributed by atoms with Gasteiger partial charge in [0.2, 0.25) is 0 Å². The number of thioether (sulfide) groups is 1. The SMILES string of the molecule is Cc1cc(-n2c(C)cc(C(=O)CSc3nc4ccccc4c(=O)n3CCCO)c2C)no1. The normalized spacial score (nSPS) is 11.4. The van der Waals surface area contributed by atoms with Crippen molar-refractivity contribution in [3.05, 3.63) is 69.5 Å². The summed E-state index contributed by atoms with van der Waals surface area (Å²) in [6, 6.07) is 10.8. The fourth-order valence-corrected chi connectivity index (χ4v) is 4.66. The molecule has 3 aromatic heterocycles. The minimum atomic E-state index is -0.168. The van der Waals surface area contributed by atoms with Crippen LogP contribution in [0.2, 0.25) is 0 Å². The Hall–Kier alpha value is -3.17. The first kappa shape index (κ1) is 22.0. The third kappa shape index (κ3) is 4.13. The van der Waals surface area contributed by atoms with Crippen LogP contribution in [0.1, 0.15) is 33.9 Å². The summed E-state index contributed by atoms with van der Waals surface area (Å²) in [5.41, 5.74) is 2.69. The summed E-state index contributed by atoms with van der Waals surface area (Å²) in [7, 11) is 0. The number of carbonyl (C=O) groups is 1. The number of hydrogen-bond donors (Lipinski definition) is 1. The Balaban J connectivity index is 1.63. The third-order valence-electron chi connectivity index (χ3n) is 5.27. The van der Waals surface area contributed by atoms with Crippen LogP contribution in [0, 0.1) is 20.8 Å². The van der Waals surface area contributed by atoms with Gasteiger partial charge in [0.1, 0.15) is 5.76 Å². The first-order valence-corrected chi connectivity index (χ1v) is 11.3. The van der Waals surface area contributed by atoms with Gasteiger partial charge in [-0.15, -0.1) is 0 Å². The largest absolute Gasteiger partial charge is 0.396 e. The van der Waals surface area contributed by atoms with Crippen LogP contribution in [-0.4, -0.2) is 42.5 Å². The van der Waals surface area contributed by atoms with E-state index in [0.29, 0.717) is 46.2 Å². The second-order valence-corrected chi connectivity index (χ2v) is 8.52. The fraction of sp³-hybridized carbons (Fsp3) is 0.304. The summed E-state index contributed by atoms with van der Waals surface area (Å²) in [6.07, 6.45) is 0.430. The van der Waals surface area contributed by atoms with Crippen molar-refractivity contribution in [2.45, 2.75) is 38.9 Å². The van der Waals surface area contributed by atoms with E-state index in [1.165, 1.54) is 16.3 Å². The van der Waals surface area contributed by atoms with E-state index < -0.39 is 0 Å². The van der Waals surface area contributed by atoms with Gasteiger partial charge in [-0.25, -0.2) is 4.98 Å². The fourth-order valence-electron chi connectivity index (χ4n) is 3.75. The maximum Gasteiger partial charge on any atom is 0.262 e. The number of hydrogen-bond acceptors (Lipinski definition) is 7. The van der Waals surface area contributed by atoms with Crippen LogP contribution in [0.25, 0.3) is 16.7 Å². The number of para-hydroxylation sites is 1. The summed E-state index contributed by atoms with van der Waals surface area (Å²) in [4.78, 5) is 30.7. The van der Waals surface area contributed by atoms with Gasteiger partial charge < -0.3 is 9.63 Å². The van der Waals surface area contributed by atoms with Crippen molar-refractivity contribution in [2.75, 3.05) is 12.4 Å². The van der Waals surface area contributed by atoms with Gasteiger partial charge in [-0.2, -0.15) is 0 Å². The lowest BCUT2D eigenvalue weighted by atomic mass is 10.2. The van der Waals surface area contributed by atoms with Crippen molar-refractivity contribution in [1.82, 2.24) is 19.3 Å². The van der Waals surface area contributed by atoms with Gasteiger partial charge >= 0.3 is 0 Å². The quantitative estimate of drug-likeness (QED) is 0.248. The molecule has 4 rings (SSSR count). The molecule has 9 heteroatoms. The summed E-state index contributed by atoms with van der Waals surface area (Å²) in [5, 5.41) is 14.3. The molecule has 0 amide bonds. The van der Waals surface area contributed by atoms with E-state index in [2.05, 4.69) is 10.1 Å². The predicted molar refractivity (Wildman–Crippen MR) is 123 cm³/mol. The Kier molecular flexibility index (Phi) is 6.29. The number of benzene rings is 1. The lowest BCUT2D eigenvalue weighted by Gasteiger charge is -2.12. The maximum atomic E-state index is 13.1. The van der Waals surface area contributed by atoms with Crippen LogP contribution in [0.4, 0.5) is 0 Å². The standard InChI is InChI=1S/C23H24N4O4S/c1-14-11-18(16(3)27(14)21-12-15(2)31-25-21)20(29)13-32-23-24-19-8-5-4-7-17(19)22(30)26(23)9-6-10-28/h4-5,7-8,11-12,28H,6,9-10,13H2,1-3H3. The molecule has 0 aliphatic carbocycles. The molecular formula is C23H24N4O4S. The number of ketones is 1. The summed E-state index contributed by atoms with van der Waals surface area (Å²) in [6.45, 7) is 5.92. The van der Waals surface area contributed by atoms with Crippen LogP contribution < -0.4 is 5.56 Å². The van der Waals surface area contributed by atoms with E-state index in [0.717, 1.165) is 11.4 Å². The molecule has 0 fully saturated rings. The van der Waals surface area contributed by atoms with Crippen LogP contribution in [0.5, 0.6) is 0 Å². The number of carbonyl (C=O) groups excluding carboxylic acids is 1. The van der Waals surface area contributed by atoms with Gasteiger partial charge in [0, 0.05) is 36.2 Å². The van der Waals surface area contributed by atoms with Crippen molar-refractivity contribution in [3.8, 4) is 5.82 Å². The van der Waals surface area contributed by atoms with Crippen LogP contribution in [0.3, 0.4) is 0 Å². The third-order valence-corrected chi connectivity index (χ3v) is 6.25. The molecule has 32 heavy (non-hydrogen) atoms. The first-order valence-electron chi connectivity index (χ1n) is 10.3. The Morgan fingerprint density at radius 3 is 2.69 bits per heavy atom. The number of aryl methyl sites for hydroxylation is 2. The molecule has 1 aromatic carbocycles. The zero-order valence-electron chi connectivity index (χ0n) is 18.2. The molecule has 0 bridgehead atoms. The highest BCUT2D eigenvalue weighted by Crippen LogP contribution is 2.24. The van der Waals surface area contributed by atoms with Crippen LogP contribution >= 0.6 is 11.8 Å². The molecule has 0 atom stereocenters. The Morgan fingerprint density at radius 2 is 1.97 bits per heavy atom. The minimum Gasteiger partial charge on any atom is -0.396 e. The van der Waals surface area contributed by atoms with Crippen molar-refractivity contribution in [2.24, 2.45) is 0 Å². The van der Waals surface area contributed by atoms with Gasteiger partial charge in [0.25, 0.3) is 5.56 Å². The average molecular weight is 453 g/mol. The van der Waals surface area contributed by atoms with Crippen LogP contribution in [-0.2, 0) is 6.54 Å². The number of nitrogens with zero attached hydrogens (tertiary/aromatic N) is 4. The Labute approximate surface area is 188 Å². The molecule has 166 valence electrons. The molecule has 4 aromatic rings. The van der Waals surface area contributed by atoms with E-state index in [9.17, 15) is 14.7 Å². The smallest absolute Gasteiger partial charge is 0.262 e. The lowest BCUT2D eigenvalue weighted by Crippen LogP contribution is -2.24. The molecule has 0 spiro atoms. The Bertz CT molecular complexity index is 1350. The summed E-state index contributed by atoms with van der Waals surface area (Å²) < 4.78 is 8.61. The maximum absolute atomic E-state index is 13.1. The molecule has 0 radical (unpaired) electrons. The minimum absolute atomic E-state index is 0.0319. The topological polar surface area (TPSA) is 103 Å². The Morgan fingerprint density at radius 1 is 1.19 bits per heavy atom. The predicted octanol–water partition coefficient (Wildman–Crippen LogP) is 3.46. The molecule has 0 aliphatic heterocycles. The highest BCUT2D eigenvalue weighted by molar-refractivity contribution is 7.99. The second-order valence-electron chi connectivity index (χ2n) is 7.57. The van der Waals surface area contributed by atoms with E-state index in [-0.39, 0.29) is 23.7 Å². The van der Waals surface area contributed by atoms with Gasteiger partial charge in [-0.05, 0) is 45.4 Å². The van der Waals surface area contributed by atoms with Gasteiger partial charge in [-0.1, -0.05) is 29.1 Å². The number of fused-ring (bicyclic) bond motifs is 1. The number of Topliss-reactive ketones (excluding diaryl/α,β-unsaturated/α-hetero) is 1. The molecular weight excluding hydrogens is 428 g/mol. The lowest BCUT2D eigenvalue weighted by molar-refractivity contribution is 0.102. The molecule has 0 unspecified atom stereocenters. The highest BCUT2D eigenvalue weighted by Gasteiger charge is 2.20. The van der Waals surface area contributed by atoms with E-state index in [1.54, 1.807) is 18.2 Å². The second kappa shape index (κ2) is 9.13.